The molecule has 2 heterocycles. The molecule has 0 saturated carbocycles. The summed E-state index contributed by atoms with van der Waals surface area (Å²) in [4.78, 5) is 14.1. The minimum Gasteiger partial charge on any atom is -0.348 e. The maximum absolute atomic E-state index is 11.5. The van der Waals surface area contributed by atoms with Gasteiger partial charge in [-0.05, 0) is 36.2 Å². The number of thiophene rings is 1. The SMILES string of the molecule is Cc1ccc(-c2cccc3c2CNC3=O)s1. The van der Waals surface area contributed by atoms with Crippen molar-refractivity contribution in [3.8, 4) is 10.4 Å². The van der Waals surface area contributed by atoms with E-state index in [0.717, 1.165) is 11.1 Å². The summed E-state index contributed by atoms with van der Waals surface area (Å²) < 4.78 is 0. The Balaban J connectivity index is 2.19. The predicted octanol–water partition coefficient (Wildman–Crippen LogP) is 2.97. The Morgan fingerprint density at radius 1 is 1.19 bits per heavy atom. The number of amides is 1. The number of benzene rings is 1. The zero-order valence-corrected chi connectivity index (χ0v) is 9.73. The molecule has 0 unspecified atom stereocenters. The standard InChI is InChI=1S/C13H11NOS/c1-8-5-6-12(16-8)9-3-2-4-10-11(9)7-14-13(10)15/h2-6H,7H2,1H3,(H,14,15). The van der Waals surface area contributed by atoms with Gasteiger partial charge in [-0.2, -0.15) is 0 Å². The molecular weight excluding hydrogens is 218 g/mol. The lowest BCUT2D eigenvalue weighted by atomic mass is 10.0. The van der Waals surface area contributed by atoms with Crippen molar-refractivity contribution in [2.45, 2.75) is 13.5 Å². The van der Waals surface area contributed by atoms with Crippen molar-refractivity contribution in [2.75, 3.05) is 0 Å². The number of nitrogens with one attached hydrogen (secondary N) is 1. The second-order valence-corrected chi connectivity index (χ2v) is 5.21. The minimum atomic E-state index is 0.0464. The Labute approximate surface area is 97.9 Å². The van der Waals surface area contributed by atoms with Gasteiger partial charge in [-0.15, -0.1) is 11.3 Å². The first-order valence-electron chi connectivity index (χ1n) is 5.22. The lowest BCUT2D eigenvalue weighted by Crippen LogP contribution is -2.12. The van der Waals surface area contributed by atoms with Gasteiger partial charge in [0, 0.05) is 21.9 Å². The molecule has 3 heteroatoms. The number of hydrogen-bond donors (Lipinski definition) is 1. The van der Waals surface area contributed by atoms with E-state index in [1.165, 1.54) is 15.3 Å². The molecule has 0 aliphatic carbocycles. The smallest absolute Gasteiger partial charge is 0.251 e. The fraction of sp³-hybridized carbons (Fsp3) is 0.154. The van der Waals surface area contributed by atoms with Crippen molar-refractivity contribution >= 4 is 17.2 Å². The van der Waals surface area contributed by atoms with Gasteiger partial charge in [-0.3, -0.25) is 4.79 Å². The van der Waals surface area contributed by atoms with E-state index < -0.39 is 0 Å². The summed E-state index contributed by atoms with van der Waals surface area (Å²) >= 11 is 1.77. The van der Waals surface area contributed by atoms with Crippen LogP contribution in [-0.2, 0) is 6.54 Å². The van der Waals surface area contributed by atoms with Gasteiger partial charge in [-0.1, -0.05) is 12.1 Å². The van der Waals surface area contributed by atoms with Gasteiger partial charge in [0.15, 0.2) is 0 Å². The summed E-state index contributed by atoms with van der Waals surface area (Å²) in [5, 5.41) is 2.87. The zero-order chi connectivity index (χ0) is 11.1. The molecule has 16 heavy (non-hydrogen) atoms. The summed E-state index contributed by atoms with van der Waals surface area (Å²) in [6.45, 7) is 2.75. The molecule has 1 aromatic heterocycles. The van der Waals surface area contributed by atoms with Crippen LogP contribution in [0.2, 0.25) is 0 Å². The van der Waals surface area contributed by atoms with E-state index in [4.69, 9.17) is 0 Å². The Kier molecular flexibility index (Phi) is 2.07. The highest BCUT2D eigenvalue weighted by Crippen LogP contribution is 2.33. The van der Waals surface area contributed by atoms with E-state index in [9.17, 15) is 4.79 Å². The second-order valence-electron chi connectivity index (χ2n) is 3.92. The molecule has 1 aromatic carbocycles. The van der Waals surface area contributed by atoms with Crippen LogP contribution in [0.15, 0.2) is 30.3 Å². The lowest BCUT2D eigenvalue weighted by molar-refractivity contribution is 0.0966. The largest absolute Gasteiger partial charge is 0.348 e. The number of carbonyl (C=O) groups is 1. The van der Waals surface area contributed by atoms with E-state index in [1.54, 1.807) is 11.3 Å². The third-order valence-corrected chi connectivity index (χ3v) is 3.89. The van der Waals surface area contributed by atoms with Crippen LogP contribution < -0.4 is 5.32 Å². The highest BCUT2D eigenvalue weighted by molar-refractivity contribution is 7.15. The minimum absolute atomic E-state index is 0.0464. The average Bonchev–Trinajstić information content (AvgIpc) is 2.86. The molecule has 0 radical (unpaired) electrons. The second kappa shape index (κ2) is 3.46. The van der Waals surface area contributed by atoms with E-state index in [-0.39, 0.29) is 5.91 Å². The molecule has 0 spiro atoms. The first kappa shape index (κ1) is 9.60. The van der Waals surface area contributed by atoms with Crippen molar-refractivity contribution in [1.29, 1.82) is 0 Å². The molecule has 0 bridgehead atoms. The van der Waals surface area contributed by atoms with Gasteiger partial charge in [0.1, 0.15) is 0 Å². The van der Waals surface area contributed by atoms with E-state index in [0.29, 0.717) is 6.54 Å². The molecule has 0 atom stereocenters. The normalized spacial score (nSPS) is 13.7. The topological polar surface area (TPSA) is 29.1 Å². The third kappa shape index (κ3) is 1.36. The Bertz CT molecular complexity index is 571. The summed E-state index contributed by atoms with van der Waals surface area (Å²) in [5.74, 6) is 0.0464. The van der Waals surface area contributed by atoms with Crippen molar-refractivity contribution in [2.24, 2.45) is 0 Å². The molecule has 2 nitrogen and oxygen atoms in total. The van der Waals surface area contributed by atoms with Crippen LogP contribution in [0, 0.1) is 6.92 Å². The van der Waals surface area contributed by atoms with Crippen molar-refractivity contribution < 1.29 is 4.79 Å². The zero-order valence-electron chi connectivity index (χ0n) is 8.91. The fourth-order valence-electron chi connectivity index (χ4n) is 2.06. The fourth-order valence-corrected chi connectivity index (χ4v) is 2.98. The van der Waals surface area contributed by atoms with E-state index in [1.807, 2.05) is 12.1 Å². The Morgan fingerprint density at radius 2 is 2.00 bits per heavy atom. The van der Waals surface area contributed by atoms with Crippen LogP contribution in [0.4, 0.5) is 0 Å². The molecule has 0 saturated heterocycles. The van der Waals surface area contributed by atoms with Gasteiger partial charge in [-0.25, -0.2) is 0 Å². The van der Waals surface area contributed by atoms with Gasteiger partial charge >= 0.3 is 0 Å². The van der Waals surface area contributed by atoms with Crippen LogP contribution in [0.3, 0.4) is 0 Å². The molecule has 3 rings (SSSR count). The molecule has 1 aliphatic heterocycles. The van der Waals surface area contributed by atoms with Crippen molar-refractivity contribution in [3.05, 3.63) is 46.3 Å². The molecule has 1 N–H and O–H groups in total. The monoisotopic (exact) mass is 229 g/mol. The highest BCUT2D eigenvalue weighted by atomic mass is 32.1. The number of carbonyl (C=O) groups excluding carboxylic acids is 1. The van der Waals surface area contributed by atoms with Gasteiger partial charge in [0.25, 0.3) is 5.91 Å². The predicted molar refractivity (Wildman–Crippen MR) is 65.7 cm³/mol. The molecule has 80 valence electrons. The first-order valence-corrected chi connectivity index (χ1v) is 6.04. The van der Waals surface area contributed by atoms with E-state index >= 15 is 0 Å². The Morgan fingerprint density at radius 3 is 2.75 bits per heavy atom. The van der Waals surface area contributed by atoms with Gasteiger partial charge < -0.3 is 5.32 Å². The summed E-state index contributed by atoms with van der Waals surface area (Å²) in [7, 11) is 0. The van der Waals surface area contributed by atoms with Crippen LogP contribution in [0.5, 0.6) is 0 Å². The van der Waals surface area contributed by atoms with Crippen LogP contribution in [0.25, 0.3) is 10.4 Å². The summed E-state index contributed by atoms with van der Waals surface area (Å²) in [6, 6.07) is 10.2. The molecule has 0 fully saturated rings. The maximum Gasteiger partial charge on any atom is 0.251 e. The summed E-state index contributed by atoms with van der Waals surface area (Å²) in [6.07, 6.45) is 0. The quantitative estimate of drug-likeness (QED) is 0.800. The third-order valence-electron chi connectivity index (χ3n) is 2.85. The Hall–Kier alpha value is -1.61. The van der Waals surface area contributed by atoms with Crippen LogP contribution in [0.1, 0.15) is 20.8 Å². The number of aryl methyl sites for hydroxylation is 1. The molecule has 1 aliphatic rings. The first-order chi connectivity index (χ1) is 7.75. The maximum atomic E-state index is 11.5. The van der Waals surface area contributed by atoms with Crippen molar-refractivity contribution in [3.63, 3.8) is 0 Å². The number of hydrogen-bond acceptors (Lipinski definition) is 2. The molecule has 2 aromatic rings. The van der Waals surface area contributed by atoms with E-state index in [2.05, 4.69) is 30.4 Å². The van der Waals surface area contributed by atoms with Crippen molar-refractivity contribution in [1.82, 2.24) is 5.32 Å². The number of rotatable bonds is 1. The lowest BCUT2D eigenvalue weighted by Gasteiger charge is -2.03. The highest BCUT2D eigenvalue weighted by Gasteiger charge is 2.21. The van der Waals surface area contributed by atoms with Crippen LogP contribution >= 0.6 is 11.3 Å². The van der Waals surface area contributed by atoms with Gasteiger partial charge in [0.2, 0.25) is 0 Å². The van der Waals surface area contributed by atoms with Gasteiger partial charge in [0.05, 0.1) is 0 Å². The average molecular weight is 229 g/mol. The van der Waals surface area contributed by atoms with Crippen LogP contribution in [-0.4, -0.2) is 5.91 Å². The molecule has 1 amide bonds. The number of fused-ring (bicyclic) bond motifs is 1. The summed E-state index contributed by atoms with van der Waals surface area (Å²) in [5.41, 5.74) is 3.15. The molecular formula is C13H11NOS.